The van der Waals surface area contributed by atoms with Gasteiger partial charge in [-0.1, -0.05) is 11.8 Å². The largest absolute Gasteiger partial charge is 0.493 e. The summed E-state index contributed by atoms with van der Waals surface area (Å²) in [6.07, 6.45) is 0. The molecular weight excluding hydrogens is 202 g/mol. The van der Waals surface area contributed by atoms with Crippen molar-refractivity contribution in [1.82, 2.24) is 0 Å². The predicted octanol–water partition coefficient (Wildman–Crippen LogP) is 1.79. The van der Waals surface area contributed by atoms with Crippen LogP contribution in [0.1, 0.15) is 19.4 Å². The zero-order valence-electron chi connectivity index (χ0n) is 10.1. The second-order valence-electron chi connectivity index (χ2n) is 4.04. The summed E-state index contributed by atoms with van der Waals surface area (Å²) in [7, 11) is 3.20. The Morgan fingerprint density at radius 1 is 1.12 bits per heavy atom. The Kier molecular flexibility index (Phi) is 3.81. The summed E-state index contributed by atoms with van der Waals surface area (Å²) in [5, 5.41) is 0. The molecule has 1 aromatic rings. The van der Waals surface area contributed by atoms with Gasteiger partial charge in [0.15, 0.2) is 11.5 Å². The van der Waals surface area contributed by atoms with E-state index in [-0.39, 0.29) is 0 Å². The lowest BCUT2D eigenvalue weighted by Gasteiger charge is -2.09. The van der Waals surface area contributed by atoms with E-state index in [4.69, 9.17) is 15.2 Å². The average molecular weight is 219 g/mol. The number of nitrogens with two attached hydrogens (primary N) is 1. The molecule has 1 aromatic carbocycles. The van der Waals surface area contributed by atoms with Crippen LogP contribution in [0.25, 0.3) is 0 Å². The fourth-order valence-electron chi connectivity index (χ4n) is 1.15. The Bertz CT molecular complexity index is 422. The summed E-state index contributed by atoms with van der Waals surface area (Å²) in [5.74, 6) is 7.32. The maximum absolute atomic E-state index is 5.78. The van der Waals surface area contributed by atoms with Crippen molar-refractivity contribution in [2.24, 2.45) is 5.73 Å². The van der Waals surface area contributed by atoms with Gasteiger partial charge in [0.25, 0.3) is 0 Å². The van der Waals surface area contributed by atoms with Gasteiger partial charge in [-0.25, -0.2) is 0 Å². The summed E-state index contributed by atoms with van der Waals surface area (Å²) in [5.41, 5.74) is 6.15. The molecule has 0 unspecified atom stereocenters. The fourth-order valence-corrected chi connectivity index (χ4v) is 1.15. The predicted molar refractivity (Wildman–Crippen MR) is 64.7 cm³/mol. The zero-order valence-corrected chi connectivity index (χ0v) is 10.1. The number of benzene rings is 1. The van der Waals surface area contributed by atoms with Gasteiger partial charge in [-0.2, -0.15) is 0 Å². The quantitative estimate of drug-likeness (QED) is 0.771. The molecule has 0 spiro atoms. The minimum atomic E-state index is -0.493. The van der Waals surface area contributed by atoms with Crippen LogP contribution >= 0.6 is 0 Å². The lowest BCUT2D eigenvalue weighted by molar-refractivity contribution is 0.355. The minimum absolute atomic E-state index is 0.493. The van der Waals surface area contributed by atoms with Crippen LogP contribution in [0.5, 0.6) is 11.5 Å². The zero-order chi connectivity index (χ0) is 12.2. The molecule has 0 atom stereocenters. The molecule has 3 heteroatoms. The molecule has 0 radical (unpaired) electrons. The maximum atomic E-state index is 5.78. The molecule has 0 saturated carbocycles. The van der Waals surface area contributed by atoms with Gasteiger partial charge >= 0.3 is 0 Å². The monoisotopic (exact) mass is 219 g/mol. The number of ether oxygens (including phenoxy) is 2. The molecule has 0 aliphatic rings. The van der Waals surface area contributed by atoms with Crippen LogP contribution in [-0.2, 0) is 0 Å². The third kappa shape index (κ3) is 3.48. The molecule has 0 aromatic heterocycles. The van der Waals surface area contributed by atoms with Gasteiger partial charge < -0.3 is 15.2 Å². The summed E-state index contributed by atoms with van der Waals surface area (Å²) in [4.78, 5) is 0. The molecule has 0 bridgehead atoms. The average Bonchev–Trinajstić information content (AvgIpc) is 2.25. The van der Waals surface area contributed by atoms with Crippen LogP contribution in [0.15, 0.2) is 18.2 Å². The Morgan fingerprint density at radius 2 is 1.75 bits per heavy atom. The molecule has 1 rings (SSSR count). The van der Waals surface area contributed by atoms with Gasteiger partial charge in [0.1, 0.15) is 0 Å². The molecule has 3 nitrogen and oxygen atoms in total. The molecule has 0 aliphatic carbocycles. The molecule has 0 saturated heterocycles. The second-order valence-corrected chi connectivity index (χ2v) is 4.04. The van der Waals surface area contributed by atoms with E-state index in [1.54, 1.807) is 14.2 Å². The molecule has 16 heavy (non-hydrogen) atoms. The Hall–Kier alpha value is -1.66. The summed E-state index contributed by atoms with van der Waals surface area (Å²) in [6, 6.07) is 5.53. The van der Waals surface area contributed by atoms with Gasteiger partial charge in [0.05, 0.1) is 19.8 Å². The molecule has 0 amide bonds. The van der Waals surface area contributed by atoms with Crippen molar-refractivity contribution in [3.05, 3.63) is 23.8 Å². The van der Waals surface area contributed by atoms with Crippen LogP contribution in [0.3, 0.4) is 0 Å². The van der Waals surface area contributed by atoms with Gasteiger partial charge in [0, 0.05) is 5.56 Å². The van der Waals surface area contributed by atoms with Crippen molar-refractivity contribution >= 4 is 0 Å². The third-order valence-electron chi connectivity index (χ3n) is 1.91. The van der Waals surface area contributed by atoms with Crippen LogP contribution in [0, 0.1) is 11.8 Å². The van der Waals surface area contributed by atoms with Crippen molar-refractivity contribution in [3.63, 3.8) is 0 Å². The van der Waals surface area contributed by atoms with E-state index in [2.05, 4.69) is 11.8 Å². The van der Waals surface area contributed by atoms with Crippen LogP contribution in [0.2, 0.25) is 0 Å². The normalized spacial score (nSPS) is 10.3. The van der Waals surface area contributed by atoms with E-state index in [0.717, 1.165) is 5.56 Å². The lowest BCUT2D eigenvalue weighted by Crippen LogP contribution is -2.29. The SMILES string of the molecule is COc1ccc(C#CC(C)(C)N)cc1OC. The van der Waals surface area contributed by atoms with E-state index in [1.165, 1.54) is 0 Å². The van der Waals surface area contributed by atoms with Gasteiger partial charge in [-0.05, 0) is 32.0 Å². The standard InChI is InChI=1S/C13H17NO2/c1-13(2,14)8-7-10-5-6-11(15-3)12(9-10)16-4/h5-6,9H,14H2,1-4H3. The van der Waals surface area contributed by atoms with Crippen molar-refractivity contribution in [1.29, 1.82) is 0 Å². The first-order valence-electron chi connectivity index (χ1n) is 5.00. The minimum Gasteiger partial charge on any atom is -0.493 e. The lowest BCUT2D eigenvalue weighted by atomic mass is 10.1. The van der Waals surface area contributed by atoms with Crippen molar-refractivity contribution < 1.29 is 9.47 Å². The van der Waals surface area contributed by atoms with E-state index in [1.807, 2.05) is 32.0 Å². The molecule has 0 fully saturated rings. The Morgan fingerprint density at radius 3 is 2.25 bits per heavy atom. The molecule has 2 N–H and O–H groups in total. The fraction of sp³-hybridized carbons (Fsp3) is 0.385. The highest BCUT2D eigenvalue weighted by Crippen LogP contribution is 2.27. The van der Waals surface area contributed by atoms with Gasteiger partial charge in [-0.3, -0.25) is 0 Å². The summed E-state index contributed by atoms with van der Waals surface area (Å²) < 4.78 is 10.3. The van der Waals surface area contributed by atoms with E-state index >= 15 is 0 Å². The van der Waals surface area contributed by atoms with Gasteiger partial charge in [-0.15, -0.1) is 0 Å². The number of hydrogen-bond acceptors (Lipinski definition) is 3. The van der Waals surface area contributed by atoms with Crippen molar-refractivity contribution in [2.45, 2.75) is 19.4 Å². The smallest absolute Gasteiger partial charge is 0.161 e. The molecular formula is C13H17NO2. The van der Waals surface area contributed by atoms with Crippen LogP contribution < -0.4 is 15.2 Å². The Balaban J connectivity index is 3.03. The number of hydrogen-bond donors (Lipinski definition) is 1. The number of methoxy groups -OCH3 is 2. The first-order valence-corrected chi connectivity index (χ1v) is 5.00. The van der Waals surface area contributed by atoms with Crippen LogP contribution in [-0.4, -0.2) is 19.8 Å². The Labute approximate surface area is 96.6 Å². The highest BCUT2D eigenvalue weighted by Gasteiger charge is 2.05. The van der Waals surface area contributed by atoms with E-state index in [9.17, 15) is 0 Å². The van der Waals surface area contributed by atoms with Crippen LogP contribution in [0.4, 0.5) is 0 Å². The summed E-state index contributed by atoms with van der Waals surface area (Å²) >= 11 is 0. The molecule has 86 valence electrons. The third-order valence-corrected chi connectivity index (χ3v) is 1.91. The first kappa shape index (κ1) is 12.4. The van der Waals surface area contributed by atoms with Crippen molar-refractivity contribution in [2.75, 3.05) is 14.2 Å². The van der Waals surface area contributed by atoms with Gasteiger partial charge in [0.2, 0.25) is 0 Å². The number of rotatable bonds is 2. The topological polar surface area (TPSA) is 44.5 Å². The van der Waals surface area contributed by atoms with Crippen molar-refractivity contribution in [3.8, 4) is 23.3 Å². The summed E-state index contributed by atoms with van der Waals surface area (Å²) in [6.45, 7) is 3.72. The maximum Gasteiger partial charge on any atom is 0.161 e. The molecule has 0 heterocycles. The highest BCUT2D eigenvalue weighted by atomic mass is 16.5. The van der Waals surface area contributed by atoms with E-state index < -0.39 is 5.54 Å². The van der Waals surface area contributed by atoms with E-state index in [0.29, 0.717) is 11.5 Å². The second kappa shape index (κ2) is 4.91. The molecule has 0 aliphatic heterocycles. The first-order chi connectivity index (χ1) is 7.46. The highest BCUT2D eigenvalue weighted by molar-refractivity contribution is 5.48.